The van der Waals surface area contributed by atoms with Crippen LogP contribution in [-0.4, -0.2) is 16.6 Å². The van der Waals surface area contributed by atoms with E-state index in [2.05, 4.69) is 0 Å². The minimum absolute atomic E-state index is 0.0921. The summed E-state index contributed by atoms with van der Waals surface area (Å²) in [5.74, 6) is -0.991. The molecule has 2 rings (SSSR count). The maximum absolute atomic E-state index is 11.6. The molecule has 0 N–H and O–H groups in total. The van der Waals surface area contributed by atoms with Crippen LogP contribution in [0.3, 0.4) is 0 Å². The van der Waals surface area contributed by atoms with Gasteiger partial charge in [-0.2, -0.15) is 0 Å². The molecule has 1 aromatic rings. The van der Waals surface area contributed by atoms with Gasteiger partial charge in [0.05, 0.1) is 0 Å². The highest BCUT2D eigenvalue weighted by Crippen LogP contribution is 2.06. The number of hydrogen-bond donors (Lipinski definition) is 0. The maximum Gasteiger partial charge on any atom is 0.278 e. The number of allylic oxidation sites excluding steroid dienone is 4. The molecule has 0 heterocycles. The van der Waals surface area contributed by atoms with E-state index in [9.17, 15) is 4.79 Å². The molecule has 1 aromatic carbocycles. The maximum atomic E-state index is 11.6. The first-order valence-electron chi connectivity index (χ1n) is 5.67. The van der Waals surface area contributed by atoms with Gasteiger partial charge in [-0.15, -0.1) is 0 Å². The Morgan fingerprint density at radius 1 is 1.16 bits per heavy atom. The van der Waals surface area contributed by atoms with Gasteiger partial charge in [-0.3, -0.25) is 4.79 Å². The Morgan fingerprint density at radius 2 is 1.74 bits per heavy atom. The molecule has 0 aromatic heterocycles. The highest BCUT2D eigenvalue weighted by molar-refractivity contribution is 7.81. The van der Waals surface area contributed by atoms with Crippen molar-refractivity contribution < 1.29 is 14.7 Å². The van der Waals surface area contributed by atoms with E-state index in [0.29, 0.717) is 0 Å². The molecule has 0 fully saturated rings. The third-order valence-corrected chi connectivity index (χ3v) is 3.12. The average molecular weight is 274 g/mol. The van der Waals surface area contributed by atoms with Crippen molar-refractivity contribution in [3.05, 3.63) is 54.1 Å². The lowest BCUT2D eigenvalue weighted by Crippen LogP contribution is -2.16. The van der Waals surface area contributed by atoms with Crippen LogP contribution in [-0.2, 0) is 20.9 Å². The van der Waals surface area contributed by atoms with Crippen LogP contribution in [0.5, 0.6) is 0 Å². The zero-order valence-electron chi connectivity index (χ0n) is 10.8. The lowest BCUT2D eigenvalue weighted by Gasteiger charge is -1.95. The van der Waals surface area contributed by atoms with Crippen LogP contribution in [0.4, 0.5) is 0 Å². The first kappa shape index (κ1) is 15.0. The third kappa shape index (κ3) is 5.88. The molecule has 0 unspecified atom stereocenters. The predicted octanol–water partition coefficient (Wildman–Crippen LogP) is 1.14. The number of ketones is 1. The zero-order valence-corrected chi connectivity index (χ0v) is 11.6. The molecule has 3 nitrogen and oxygen atoms in total. The van der Waals surface area contributed by atoms with E-state index in [4.69, 9.17) is 9.90 Å². The summed E-state index contributed by atoms with van der Waals surface area (Å²) in [5.41, 5.74) is 1.12. The smallest absolute Gasteiger partial charge is 0.278 e. The molecule has 0 spiro atoms. The van der Waals surface area contributed by atoms with Crippen LogP contribution in [0.25, 0.3) is 0 Å². The van der Waals surface area contributed by atoms with Crippen molar-refractivity contribution in [2.24, 2.45) is 0 Å². The van der Waals surface area contributed by atoms with Gasteiger partial charge in [0.15, 0.2) is 0 Å². The second-order valence-electron chi connectivity index (χ2n) is 3.86. The van der Waals surface area contributed by atoms with Crippen molar-refractivity contribution in [1.29, 1.82) is 0 Å². The Labute approximate surface area is 116 Å². The van der Waals surface area contributed by atoms with Crippen LogP contribution in [0.15, 0.2) is 59.0 Å². The van der Waals surface area contributed by atoms with Gasteiger partial charge in [-0.25, -0.2) is 0 Å². The summed E-state index contributed by atoms with van der Waals surface area (Å²) in [6.07, 6.45) is 5.40. The van der Waals surface area contributed by atoms with Gasteiger partial charge in [0.2, 0.25) is 22.0 Å². The van der Waals surface area contributed by atoms with Gasteiger partial charge in [-0.05, 0) is 25.5 Å². The molecule has 1 aliphatic carbocycles. The number of carboxylic acids is 1. The third-order valence-electron chi connectivity index (χ3n) is 2.07. The lowest BCUT2D eigenvalue weighted by atomic mass is 10.1. The van der Waals surface area contributed by atoms with Crippen molar-refractivity contribution in [2.75, 3.05) is 0 Å². The van der Waals surface area contributed by atoms with Crippen molar-refractivity contribution in [3.8, 4) is 0 Å². The van der Waals surface area contributed by atoms with Crippen molar-refractivity contribution >= 4 is 28.0 Å². The normalized spacial score (nSPS) is 15.6. The van der Waals surface area contributed by atoms with Crippen LogP contribution in [0.1, 0.15) is 13.8 Å². The molecule has 0 atom stereocenters. The molecule has 19 heavy (non-hydrogen) atoms. The highest BCUT2D eigenvalue weighted by atomic mass is 32.1. The monoisotopic (exact) mass is 274 g/mol. The summed E-state index contributed by atoms with van der Waals surface area (Å²) in [4.78, 5) is 22.3. The molecule has 0 radical (unpaired) electrons. The van der Waals surface area contributed by atoms with Crippen molar-refractivity contribution in [2.45, 2.75) is 18.7 Å². The second kappa shape index (κ2) is 7.38. The molecule has 98 valence electrons. The molecule has 0 saturated carbocycles. The summed E-state index contributed by atoms with van der Waals surface area (Å²) in [5, 5.41) is 8.89. The summed E-state index contributed by atoms with van der Waals surface area (Å²) >= 11 is 1.52. The molecular formula is C15H14O3S. The first-order chi connectivity index (χ1) is 8.99. The number of carbonyl (C=O) groups is 2. The largest absolute Gasteiger partial charge is 0.550 e. The Morgan fingerprint density at radius 3 is 2.32 bits per heavy atom. The summed E-state index contributed by atoms with van der Waals surface area (Å²) < 4.78 is 0. The SMILES string of the molecule is CC(=O)[O-].CC1=CC(=[S+]c2ccccc2)C(=O)C=C1. The number of benzene rings is 1. The molecule has 1 aliphatic rings. The summed E-state index contributed by atoms with van der Waals surface area (Å²) in [7, 11) is 0. The van der Waals surface area contributed by atoms with E-state index >= 15 is 0 Å². The van der Waals surface area contributed by atoms with Crippen LogP contribution in [0, 0.1) is 0 Å². The van der Waals surface area contributed by atoms with Gasteiger partial charge in [-0.1, -0.05) is 24.3 Å². The Kier molecular flexibility index (Phi) is 5.82. The molecule has 0 amide bonds. The Hall–Kier alpha value is -2.07. The van der Waals surface area contributed by atoms with Crippen LogP contribution < -0.4 is 5.11 Å². The van der Waals surface area contributed by atoms with E-state index in [1.54, 1.807) is 6.08 Å². The van der Waals surface area contributed by atoms with Crippen LogP contribution in [0.2, 0.25) is 0 Å². The van der Waals surface area contributed by atoms with Crippen molar-refractivity contribution in [1.82, 2.24) is 0 Å². The van der Waals surface area contributed by atoms with E-state index in [1.165, 1.54) is 11.4 Å². The molecule has 0 aliphatic heterocycles. The fraction of sp³-hybridized carbons (Fsp3) is 0.133. The average Bonchev–Trinajstić information content (AvgIpc) is 2.34. The minimum Gasteiger partial charge on any atom is -0.550 e. The lowest BCUT2D eigenvalue weighted by molar-refractivity contribution is -0.302. The van der Waals surface area contributed by atoms with Crippen LogP contribution >= 0.6 is 0 Å². The number of hydrogen-bond acceptors (Lipinski definition) is 3. The van der Waals surface area contributed by atoms with E-state index < -0.39 is 5.97 Å². The molecule has 0 bridgehead atoms. The first-order valence-corrected chi connectivity index (χ1v) is 6.49. The van der Waals surface area contributed by atoms with E-state index in [0.717, 1.165) is 22.3 Å². The van der Waals surface area contributed by atoms with Gasteiger partial charge >= 0.3 is 0 Å². The van der Waals surface area contributed by atoms with E-state index in [-0.39, 0.29) is 5.78 Å². The highest BCUT2D eigenvalue weighted by Gasteiger charge is 2.20. The van der Waals surface area contributed by atoms with Gasteiger partial charge < -0.3 is 9.90 Å². The van der Waals surface area contributed by atoms with Crippen molar-refractivity contribution in [3.63, 3.8) is 0 Å². The predicted molar refractivity (Wildman–Crippen MR) is 75.7 cm³/mol. The number of rotatable bonds is 1. The number of aliphatic carboxylic acids is 1. The van der Waals surface area contributed by atoms with Gasteiger partial charge in [0, 0.05) is 24.2 Å². The number of carboxylic acid groups (broad SMARTS) is 1. The summed E-state index contributed by atoms with van der Waals surface area (Å²) in [6.45, 7) is 2.97. The summed E-state index contributed by atoms with van der Waals surface area (Å²) in [6, 6.07) is 9.93. The fourth-order valence-electron chi connectivity index (χ4n) is 1.31. The minimum atomic E-state index is -1.08. The van der Waals surface area contributed by atoms with E-state index in [1.807, 2.05) is 49.4 Å². The topological polar surface area (TPSA) is 57.2 Å². The fourth-order valence-corrected chi connectivity index (χ4v) is 2.27. The molecular weight excluding hydrogens is 260 g/mol. The standard InChI is InChI=1S/C13H11OS.C2H4O2/c1-10-7-8-12(14)13(9-10)15-11-5-3-2-4-6-11;1-2(3)4/h2-9H,1H3;1H3,(H,3,4)/q+1;/p-1. The number of carbonyl (C=O) groups excluding carboxylic acids is 2. The quantitative estimate of drug-likeness (QED) is 0.570. The zero-order chi connectivity index (χ0) is 14.3. The Balaban J connectivity index is 0.000000399. The van der Waals surface area contributed by atoms with Gasteiger partial charge in [0.1, 0.15) is 0 Å². The van der Waals surface area contributed by atoms with Gasteiger partial charge in [0.25, 0.3) is 4.86 Å². The second-order valence-corrected chi connectivity index (χ2v) is 4.97. The molecule has 4 heteroatoms. The molecule has 0 saturated heterocycles. The Bertz CT molecular complexity index is 550.